The van der Waals surface area contributed by atoms with Gasteiger partial charge in [-0.1, -0.05) is 19.3 Å². The van der Waals surface area contributed by atoms with Crippen LogP contribution >= 0.6 is 0 Å². The van der Waals surface area contributed by atoms with Gasteiger partial charge in [-0.25, -0.2) is 5.43 Å². The van der Waals surface area contributed by atoms with Crippen LogP contribution in [0, 0.1) is 0 Å². The first-order valence-corrected chi connectivity index (χ1v) is 8.58. The predicted octanol–water partition coefficient (Wildman–Crippen LogP) is 1.35. The highest BCUT2D eigenvalue weighted by molar-refractivity contribution is 5.84. The van der Waals surface area contributed by atoms with Gasteiger partial charge in [-0.05, 0) is 49.6 Å². The minimum absolute atomic E-state index is 0.00557. The molecular weight excluding hydrogens is 322 g/mol. The van der Waals surface area contributed by atoms with Crippen LogP contribution in [0.5, 0.6) is 5.75 Å². The molecule has 0 saturated heterocycles. The van der Waals surface area contributed by atoms with Crippen molar-refractivity contribution in [1.82, 2.24) is 10.7 Å². The van der Waals surface area contributed by atoms with Crippen molar-refractivity contribution in [2.75, 3.05) is 6.61 Å². The van der Waals surface area contributed by atoms with Crippen molar-refractivity contribution in [3.8, 4) is 5.75 Å². The van der Waals surface area contributed by atoms with Crippen LogP contribution in [0.1, 0.15) is 44.6 Å². The van der Waals surface area contributed by atoms with Crippen molar-refractivity contribution in [3.05, 3.63) is 29.8 Å². The lowest BCUT2D eigenvalue weighted by Gasteiger charge is -2.22. The Hall–Kier alpha value is -2.41. The van der Waals surface area contributed by atoms with Crippen molar-refractivity contribution in [2.45, 2.75) is 51.2 Å². The lowest BCUT2D eigenvalue weighted by molar-refractivity contribution is -0.128. The van der Waals surface area contributed by atoms with Gasteiger partial charge in [0, 0.05) is 6.04 Å². The average molecular weight is 347 g/mol. The van der Waals surface area contributed by atoms with E-state index in [-0.39, 0.29) is 18.6 Å². The van der Waals surface area contributed by atoms with E-state index in [4.69, 9.17) is 9.84 Å². The summed E-state index contributed by atoms with van der Waals surface area (Å²) >= 11 is 0. The number of ether oxygens (including phenoxy) is 1. The summed E-state index contributed by atoms with van der Waals surface area (Å²) < 4.78 is 5.48. The molecule has 0 spiro atoms. The normalized spacial score (nSPS) is 16.4. The molecular formula is C18H25N3O4. The molecule has 2 rings (SSSR count). The summed E-state index contributed by atoms with van der Waals surface area (Å²) in [6.45, 7) is 1.36. The second kappa shape index (κ2) is 9.78. The lowest BCUT2D eigenvalue weighted by Crippen LogP contribution is -2.38. The second-order valence-electron chi connectivity index (χ2n) is 6.17. The quantitative estimate of drug-likeness (QED) is 0.512. The molecule has 7 nitrogen and oxygen atoms in total. The van der Waals surface area contributed by atoms with E-state index in [9.17, 15) is 9.59 Å². The van der Waals surface area contributed by atoms with E-state index in [1.807, 2.05) is 0 Å². The molecule has 3 N–H and O–H groups in total. The molecule has 0 radical (unpaired) electrons. The topological polar surface area (TPSA) is 100 Å². The first-order valence-electron chi connectivity index (χ1n) is 8.58. The predicted molar refractivity (Wildman–Crippen MR) is 94.4 cm³/mol. The van der Waals surface area contributed by atoms with Gasteiger partial charge in [0.15, 0.2) is 6.61 Å². The molecule has 1 saturated carbocycles. The first kappa shape index (κ1) is 18.9. The maximum Gasteiger partial charge on any atom is 0.268 e. The second-order valence-corrected chi connectivity index (χ2v) is 6.17. The third-order valence-electron chi connectivity index (χ3n) is 3.99. The molecule has 0 aliphatic heterocycles. The molecule has 0 aromatic heterocycles. The SMILES string of the molecule is C[C@H](O)C(=O)N/N=C\c1ccc(OCC(=O)NC2CCCCC2)cc1. The van der Waals surface area contributed by atoms with Crippen LogP contribution in [0.2, 0.25) is 0 Å². The summed E-state index contributed by atoms with van der Waals surface area (Å²) in [6, 6.07) is 7.25. The molecule has 1 aliphatic rings. The van der Waals surface area contributed by atoms with E-state index in [0.717, 1.165) is 18.4 Å². The lowest BCUT2D eigenvalue weighted by atomic mass is 9.95. The summed E-state index contributed by atoms with van der Waals surface area (Å²) in [7, 11) is 0. The molecule has 1 aliphatic carbocycles. The fourth-order valence-corrected chi connectivity index (χ4v) is 2.58. The Labute approximate surface area is 147 Å². The van der Waals surface area contributed by atoms with E-state index in [0.29, 0.717) is 5.75 Å². The molecule has 0 unspecified atom stereocenters. The van der Waals surface area contributed by atoms with Crippen LogP contribution in [-0.2, 0) is 9.59 Å². The third kappa shape index (κ3) is 6.93. The minimum atomic E-state index is -1.10. The highest BCUT2D eigenvalue weighted by Gasteiger charge is 2.15. The van der Waals surface area contributed by atoms with Gasteiger partial charge in [0.1, 0.15) is 11.9 Å². The Kier molecular flexibility index (Phi) is 7.40. The molecule has 136 valence electrons. The van der Waals surface area contributed by atoms with Crippen molar-refractivity contribution in [3.63, 3.8) is 0 Å². The Morgan fingerprint density at radius 3 is 2.60 bits per heavy atom. The zero-order chi connectivity index (χ0) is 18.1. The van der Waals surface area contributed by atoms with Crippen LogP contribution in [0.4, 0.5) is 0 Å². The van der Waals surface area contributed by atoms with Crippen LogP contribution in [0.25, 0.3) is 0 Å². The first-order chi connectivity index (χ1) is 12.0. The van der Waals surface area contributed by atoms with Gasteiger partial charge >= 0.3 is 0 Å². The summed E-state index contributed by atoms with van der Waals surface area (Å²) in [5.74, 6) is -0.0810. The number of nitrogens with zero attached hydrogens (tertiary/aromatic N) is 1. The third-order valence-corrected chi connectivity index (χ3v) is 3.99. The molecule has 2 amide bonds. The van der Waals surface area contributed by atoms with Gasteiger partial charge in [0.2, 0.25) is 0 Å². The number of nitrogens with one attached hydrogen (secondary N) is 2. The van der Waals surface area contributed by atoms with Gasteiger partial charge in [0.05, 0.1) is 6.21 Å². The zero-order valence-electron chi connectivity index (χ0n) is 14.4. The van der Waals surface area contributed by atoms with Gasteiger partial charge in [-0.15, -0.1) is 0 Å². The fourth-order valence-electron chi connectivity index (χ4n) is 2.58. The van der Waals surface area contributed by atoms with Gasteiger partial charge in [-0.2, -0.15) is 5.10 Å². The average Bonchev–Trinajstić information content (AvgIpc) is 2.61. The number of hydrazone groups is 1. The van der Waals surface area contributed by atoms with Gasteiger partial charge < -0.3 is 15.2 Å². The number of aliphatic hydroxyl groups excluding tert-OH is 1. The number of benzene rings is 1. The minimum Gasteiger partial charge on any atom is -0.484 e. The highest BCUT2D eigenvalue weighted by atomic mass is 16.5. The van der Waals surface area contributed by atoms with Crippen molar-refractivity contribution < 1.29 is 19.4 Å². The number of carbonyl (C=O) groups is 2. The number of hydrogen-bond acceptors (Lipinski definition) is 5. The molecule has 25 heavy (non-hydrogen) atoms. The zero-order valence-corrected chi connectivity index (χ0v) is 14.4. The van der Waals surface area contributed by atoms with Gasteiger partial charge in [0.25, 0.3) is 11.8 Å². The largest absolute Gasteiger partial charge is 0.484 e. The molecule has 0 heterocycles. The number of aliphatic hydroxyl groups is 1. The molecule has 7 heteroatoms. The number of hydrogen-bond donors (Lipinski definition) is 3. The van der Waals surface area contributed by atoms with Crippen LogP contribution in [0.15, 0.2) is 29.4 Å². The molecule has 1 aromatic carbocycles. The number of carbonyl (C=O) groups excluding carboxylic acids is 2. The Balaban J connectivity index is 1.73. The van der Waals surface area contributed by atoms with Crippen molar-refractivity contribution >= 4 is 18.0 Å². The summed E-state index contributed by atoms with van der Waals surface area (Å²) in [5.41, 5.74) is 2.97. The Morgan fingerprint density at radius 2 is 1.96 bits per heavy atom. The molecule has 1 fully saturated rings. The summed E-state index contributed by atoms with van der Waals surface area (Å²) in [4.78, 5) is 23.0. The van der Waals surface area contributed by atoms with Crippen molar-refractivity contribution in [1.29, 1.82) is 0 Å². The maximum atomic E-state index is 11.9. The standard InChI is InChI=1S/C18H25N3O4/c1-13(22)18(24)21-19-11-14-7-9-16(10-8-14)25-12-17(23)20-15-5-3-2-4-6-15/h7-11,13,15,22H,2-6,12H2,1H3,(H,20,23)(H,21,24)/b19-11-/t13-/m0/s1. The fraction of sp³-hybridized carbons (Fsp3) is 0.500. The van der Waals surface area contributed by atoms with Crippen LogP contribution in [0.3, 0.4) is 0 Å². The van der Waals surface area contributed by atoms with Crippen molar-refractivity contribution in [2.24, 2.45) is 5.10 Å². The van der Waals surface area contributed by atoms with E-state index in [1.165, 1.54) is 32.4 Å². The maximum absolute atomic E-state index is 11.9. The smallest absolute Gasteiger partial charge is 0.268 e. The highest BCUT2D eigenvalue weighted by Crippen LogP contribution is 2.17. The van der Waals surface area contributed by atoms with Crippen LogP contribution in [-0.4, -0.2) is 41.9 Å². The molecule has 0 bridgehead atoms. The monoisotopic (exact) mass is 347 g/mol. The van der Waals surface area contributed by atoms with E-state index >= 15 is 0 Å². The summed E-state index contributed by atoms with van der Waals surface area (Å²) in [5, 5.41) is 15.8. The summed E-state index contributed by atoms with van der Waals surface area (Å²) in [6.07, 6.45) is 6.05. The van der Waals surface area contributed by atoms with E-state index in [2.05, 4.69) is 15.8 Å². The Bertz CT molecular complexity index is 593. The number of rotatable bonds is 7. The van der Waals surface area contributed by atoms with Gasteiger partial charge in [-0.3, -0.25) is 9.59 Å². The van der Waals surface area contributed by atoms with E-state index < -0.39 is 12.0 Å². The Morgan fingerprint density at radius 1 is 1.28 bits per heavy atom. The van der Waals surface area contributed by atoms with E-state index in [1.54, 1.807) is 24.3 Å². The number of amides is 2. The molecule has 1 aromatic rings. The molecule has 1 atom stereocenters. The van der Waals surface area contributed by atoms with Crippen LogP contribution < -0.4 is 15.5 Å².